The van der Waals surface area contributed by atoms with Crippen LogP contribution in [0.15, 0.2) is 36.7 Å². The van der Waals surface area contributed by atoms with Gasteiger partial charge in [0.05, 0.1) is 6.33 Å². The lowest BCUT2D eigenvalue weighted by Crippen LogP contribution is -1.99. The number of hydrogen-bond donors (Lipinski definition) is 2. The Hall–Kier alpha value is -2.50. The van der Waals surface area contributed by atoms with Crippen molar-refractivity contribution in [1.82, 2.24) is 19.9 Å². The number of H-pyrrole nitrogens is 1. The molecule has 2 heterocycles. The zero-order chi connectivity index (χ0) is 11.7. The van der Waals surface area contributed by atoms with Gasteiger partial charge in [0.2, 0.25) is 0 Å². The van der Waals surface area contributed by atoms with Crippen molar-refractivity contribution in [3.63, 3.8) is 0 Å². The minimum absolute atomic E-state index is 0.347. The Kier molecular flexibility index (Phi) is 2.18. The topological polar surface area (TPSA) is 66.5 Å². The first-order valence-electron chi connectivity index (χ1n) is 5.01. The summed E-state index contributed by atoms with van der Waals surface area (Å²) in [5, 5.41) is 3.00. The molecule has 1 aromatic carbocycles. The number of benzene rings is 1. The summed E-state index contributed by atoms with van der Waals surface area (Å²) in [5.41, 5.74) is 1.70. The molecule has 5 nitrogen and oxygen atoms in total. The molecule has 0 aliphatic rings. The number of aromatic nitrogens is 4. The second-order valence-electron chi connectivity index (χ2n) is 3.43. The number of rotatable bonds is 2. The van der Waals surface area contributed by atoms with Gasteiger partial charge in [-0.1, -0.05) is 18.2 Å². The van der Waals surface area contributed by atoms with E-state index in [-0.39, 0.29) is 0 Å². The summed E-state index contributed by atoms with van der Waals surface area (Å²) in [4.78, 5) is 14.1. The van der Waals surface area contributed by atoms with Crippen LogP contribution in [-0.2, 0) is 0 Å². The molecule has 0 saturated heterocycles. The van der Waals surface area contributed by atoms with Gasteiger partial charge in [0.15, 0.2) is 17.0 Å². The third kappa shape index (κ3) is 1.80. The van der Waals surface area contributed by atoms with E-state index in [0.717, 1.165) is 5.69 Å². The first-order chi connectivity index (χ1) is 8.33. The SMILES string of the molecule is Fc1nc(Nc2ccccc2)c2nc[nH]c2n1. The van der Waals surface area contributed by atoms with E-state index in [0.29, 0.717) is 17.0 Å². The summed E-state index contributed by atoms with van der Waals surface area (Å²) in [6, 6.07) is 9.37. The maximum atomic E-state index is 13.2. The Morgan fingerprint density at radius 2 is 1.94 bits per heavy atom. The summed E-state index contributed by atoms with van der Waals surface area (Å²) >= 11 is 0. The molecule has 0 spiro atoms. The molecular formula is C11H8FN5. The van der Waals surface area contributed by atoms with Gasteiger partial charge < -0.3 is 10.3 Å². The van der Waals surface area contributed by atoms with E-state index in [1.807, 2.05) is 30.3 Å². The van der Waals surface area contributed by atoms with Crippen LogP contribution in [0, 0.1) is 6.08 Å². The highest BCUT2D eigenvalue weighted by Crippen LogP contribution is 2.20. The second kappa shape index (κ2) is 3.82. The third-order valence-electron chi connectivity index (χ3n) is 2.29. The van der Waals surface area contributed by atoms with Gasteiger partial charge in [-0.05, 0) is 12.1 Å². The fourth-order valence-corrected chi connectivity index (χ4v) is 1.55. The predicted molar refractivity (Wildman–Crippen MR) is 61.4 cm³/mol. The molecule has 0 fully saturated rings. The largest absolute Gasteiger partial charge is 0.338 e. The van der Waals surface area contributed by atoms with Crippen LogP contribution in [0.1, 0.15) is 0 Å². The summed E-state index contributed by atoms with van der Waals surface area (Å²) in [6.45, 7) is 0. The Balaban J connectivity index is 2.08. The zero-order valence-electron chi connectivity index (χ0n) is 8.68. The fraction of sp³-hybridized carbons (Fsp3) is 0. The van der Waals surface area contributed by atoms with Crippen LogP contribution in [0.2, 0.25) is 0 Å². The Morgan fingerprint density at radius 1 is 1.12 bits per heavy atom. The van der Waals surface area contributed by atoms with Crippen molar-refractivity contribution in [2.75, 3.05) is 5.32 Å². The number of fused-ring (bicyclic) bond motifs is 1. The predicted octanol–water partition coefficient (Wildman–Crippen LogP) is 2.24. The lowest BCUT2D eigenvalue weighted by atomic mass is 10.3. The minimum Gasteiger partial charge on any atom is -0.338 e. The molecule has 0 unspecified atom stereocenters. The van der Waals surface area contributed by atoms with Crippen LogP contribution in [0.5, 0.6) is 0 Å². The van der Waals surface area contributed by atoms with Gasteiger partial charge in [-0.3, -0.25) is 0 Å². The van der Waals surface area contributed by atoms with Crippen molar-refractivity contribution >= 4 is 22.7 Å². The van der Waals surface area contributed by atoms with Gasteiger partial charge in [-0.15, -0.1) is 0 Å². The molecule has 6 heteroatoms. The average Bonchev–Trinajstić information content (AvgIpc) is 2.78. The summed E-state index contributed by atoms with van der Waals surface area (Å²) in [7, 11) is 0. The van der Waals surface area contributed by atoms with Gasteiger partial charge in [0.1, 0.15) is 0 Å². The van der Waals surface area contributed by atoms with E-state index < -0.39 is 6.08 Å². The monoisotopic (exact) mass is 229 g/mol. The van der Waals surface area contributed by atoms with Crippen LogP contribution >= 0.6 is 0 Å². The third-order valence-corrected chi connectivity index (χ3v) is 2.29. The molecule has 84 valence electrons. The Bertz CT molecular complexity index is 649. The standard InChI is InChI=1S/C11H8FN5/c12-11-16-9-8(13-6-14-9)10(17-11)15-7-4-2-1-3-5-7/h1-6H,(H2,13,14,15,16,17). The van der Waals surface area contributed by atoms with Crippen molar-refractivity contribution in [1.29, 1.82) is 0 Å². The summed E-state index contributed by atoms with van der Waals surface area (Å²) in [6.07, 6.45) is 0.662. The van der Waals surface area contributed by atoms with Gasteiger partial charge in [-0.2, -0.15) is 14.4 Å². The molecule has 3 aromatic rings. The number of nitrogens with zero attached hydrogens (tertiary/aromatic N) is 3. The summed E-state index contributed by atoms with van der Waals surface area (Å²) in [5.74, 6) is 0.347. The molecule has 0 atom stereocenters. The van der Waals surface area contributed by atoms with Gasteiger partial charge in [0, 0.05) is 5.69 Å². The van der Waals surface area contributed by atoms with Crippen LogP contribution < -0.4 is 5.32 Å². The average molecular weight is 229 g/mol. The van der Waals surface area contributed by atoms with Crippen molar-refractivity contribution in [2.24, 2.45) is 0 Å². The van der Waals surface area contributed by atoms with Gasteiger partial charge in [0.25, 0.3) is 0 Å². The molecule has 17 heavy (non-hydrogen) atoms. The number of aromatic amines is 1. The molecule has 0 amide bonds. The highest BCUT2D eigenvalue weighted by atomic mass is 19.1. The van der Waals surface area contributed by atoms with Crippen LogP contribution in [-0.4, -0.2) is 19.9 Å². The molecule has 2 N–H and O–H groups in total. The maximum absolute atomic E-state index is 13.2. The van der Waals surface area contributed by atoms with Crippen LogP contribution in [0.3, 0.4) is 0 Å². The van der Waals surface area contributed by atoms with E-state index in [1.165, 1.54) is 6.33 Å². The number of halogens is 1. The van der Waals surface area contributed by atoms with Gasteiger partial charge in [-0.25, -0.2) is 4.98 Å². The quantitative estimate of drug-likeness (QED) is 0.661. The lowest BCUT2D eigenvalue weighted by Gasteiger charge is -2.05. The molecular weight excluding hydrogens is 221 g/mol. The van der Waals surface area contributed by atoms with E-state index >= 15 is 0 Å². The van der Waals surface area contributed by atoms with E-state index in [1.54, 1.807) is 0 Å². The smallest absolute Gasteiger partial charge is 0.312 e. The van der Waals surface area contributed by atoms with Gasteiger partial charge >= 0.3 is 6.08 Å². The Morgan fingerprint density at radius 3 is 2.76 bits per heavy atom. The molecule has 0 bridgehead atoms. The maximum Gasteiger partial charge on any atom is 0.312 e. The fourth-order valence-electron chi connectivity index (χ4n) is 1.55. The zero-order valence-corrected chi connectivity index (χ0v) is 8.68. The minimum atomic E-state index is -0.791. The first-order valence-corrected chi connectivity index (χ1v) is 5.01. The van der Waals surface area contributed by atoms with Crippen molar-refractivity contribution < 1.29 is 4.39 Å². The molecule has 0 aliphatic carbocycles. The first kappa shape index (κ1) is 9.71. The Labute approximate surface area is 95.8 Å². The van der Waals surface area contributed by atoms with Crippen molar-refractivity contribution in [3.05, 3.63) is 42.7 Å². The molecule has 2 aromatic heterocycles. The second-order valence-corrected chi connectivity index (χ2v) is 3.43. The van der Waals surface area contributed by atoms with Crippen molar-refractivity contribution in [2.45, 2.75) is 0 Å². The van der Waals surface area contributed by atoms with Crippen molar-refractivity contribution in [3.8, 4) is 0 Å². The van der Waals surface area contributed by atoms with E-state index in [9.17, 15) is 4.39 Å². The highest BCUT2D eigenvalue weighted by Gasteiger charge is 2.09. The molecule has 0 saturated carbocycles. The van der Waals surface area contributed by atoms with Crippen LogP contribution in [0.25, 0.3) is 11.2 Å². The number of para-hydroxylation sites is 1. The molecule has 0 radical (unpaired) electrons. The lowest BCUT2D eigenvalue weighted by molar-refractivity contribution is 0.545. The molecule has 0 aliphatic heterocycles. The number of anilines is 2. The van der Waals surface area contributed by atoms with Crippen LogP contribution in [0.4, 0.5) is 15.9 Å². The highest BCUT2D eigenvalue weighted by molar-refractivity contribution is 5.84. The number of hydrogen-bond acceptors (Lipinski definition) is 4. The number of imidazole rings is 1. The molecule has 3 rings (SSSR count). The normalized spacial score (nSPS) is 10.6. The summed E-state index contributed by atoms with van der Waals surface area (Å²) < 4.78 is 13.2. The van der Waals surface area contributed by atoms with E-state index in [4.69, 9.17) is 0 Å². The van der Waals surface area contributed by atoms with E-state index in [2.05, 4.69) is 25.3 Å². The number of nitrogens with one attached hydrogen (secondary N) is 2.